The van der Waals surface area contributed by atoms with E-state index in [9.17, 15) is 4.79 Å². The van der Waals surface area contributed by atoms with E-state index in [0.29, 0.717) is 6.42 Å². The Morgan fingerprint density at radius 2 is 1.67 bits per heavy atom. The maximum Gasteiger partial charge on any atom is 0.235 e. The van der Waals surface area contributed by atoms with Crippen molar-refractivity contribution < 1.29 is 9.53 Å². The van der Waals surface area contributed by atoms with Gasteiger partial charge in [0, 0.05) is 57.1 Å². The summed E-state index contributed by atoms with van der Waals surface area (Å²) in [6, 6.07) is 22.0. The van der Waals surface area contributed by atoms with Gasteiger partial charge in [-0.1, -0.05) is 30.3 Å². The highest BCUT2D eigenvalue weighted by Crippen LogP contribution is 2.43. The predicted octanol–water partition coefficient (Wildman–Crippen LogP) is 4.51. The topological polar surface area (TPSA) is 37.7 Å². The van der Waals surface area contributed by atoms with Gasteiger partial charge in [0.1, 0.15) is 11.4 Å². The third kappa shape index (κ3) is 3.50. The molecule has 0 N–H and O–H groups in total. The number of amides is 1. The predicted molar refractivity (Wildman–Crippen MR) is 118 cm³/mol. The van der Waals surface area contributed by atoms with Crippen LogP contribution in [0.15, 0.2) is 72.9 Å². The number of benzene rings is 2. The van der Waals surface area contributed by atoms with Crippen molar-refractivity contribution in [3.63, 3.8) is 0 Å². The molecule has 2 aliphatic heterocycles. The second kappa shape index (κ2) is 7.65. The van der Waals surface area contributed by atoms with Crippen LogP contribution in [0.3, 0.4) is 0 Å². The second-order valence-electron chi connectivity index (χ2n) is 8.38. The van der Waals surface area contributed by atoms with Gasteiger partial charge in [-0.2, -0.15) is 0 Å². The van der Waals surface area contributed by atoms with Gasteiger partial charge < -0.3 is 9.30 Å². The SMILES string of the molecule is Cn1cccc1CN1CCC2(CC1)CC(=O)N(c1ccccc1)c1ccccc1O2. The summed E-state index contributed by atoms with van der Waals surface area (Å²) in [6.45, 7) is 2.78. The number of carbonyl (C=O) groups excluding carboxylic acids is 1. The minimum absolute atomic E-state index is 0.0991. The summed E-state index contributed by atoms with van der Waals surface area (Å²) in [5.41, 5.74) is 2.58. The number of hydrogen-bond acceptors (Lipinski definition) is 3. The molecule has 1 fully saturated rings. The van der Waals surface area contributed by atoms with Gasteiger partial charge in [0.25, 0.3) is 0 Å². The number of piperidine rings is 1. The van der Waals surface area contributed by atoms with E-state index in [4.69, 9.17) is 4.74 Å². The van der Waals surface area contributed by atoms with Crippen molar-refractivity contribution in [1.82, 2.24) is 9.47 Å². The number of hydrogen-bond donors (Lipinski definition) is 0. The molecule has 30 heavy (non-hydrogen) atoms. The Balaban J connectivity index is 1.40. The molecule has 0 radical (unpaired) electrons. The molecule has 0 atom stereocenters. The van der Waals surface area contributed by atoms with Gasteiger partial charge in [0.2, 0.25) is 5.91 Å². The number of ether oxygens (including phenoxy) is 1. The van der Waals surface area contributed by atoms with E-state index in [-0.39, 0.29) is 5.91 Å². The van der Waals surface area contributed by atoms with E-state index < -0.39 is 5.60 Å². The Bertz CT molecular complexity index is 1040. The van der Waals surface area contributed by atoms with Crippen molar-refractivity contribution in [1.29, 1.82) is 0 Å². The number of anilines is 2. The van der Waals surface area contributed by atoms with Gasteiger partial charge in [-0.15, -0.1) is 0 Å². The van der Waals surface area contributed by atoms with Gasteiger partial charge in [-0.3, -0.25) is 14.6 Å². The van der Waals surface area contributed by atoms with Crippen molar-refractivity contribution in [2.75, 3.05) is 18.0 Å². The van der Waals surface area contributed by atoms with Crippen LogP contribution in [0.1, 0.15) is 25.0 Å². The fraction of sp³-hybridized carbons (Fsp3) is 0.320. The molecule has 0 saturated carbocycles. The third-order valence-corrected chi connectivity index (χ3v) is 6.37. The Labute approximate surface area is 177 Å². The highest BCUT2D eigenvalue weighted by atomic mass is 16.5. The zero-order valence-corrected chi connectivity index (χ0v) is 17.3. The maximum absolute atomic E-state index is 13.5. The van der Waals surface area contributed by atoms with Crippen molar-refractivity contribution in [3.05, 3.63) is 78.6 Å². The monoisotopic (exact) mass is 401 g/mol. The van der Waals surface area contributed by atoms with E-state index in [1.807, 2.05) is 59.5 Å². The highest BCUT2D eigenvalue weighted by Gasteiger charge is 2.43. The normalized spacial score (nSPS) is 18.7. The number of para-hydroxylation sites is 3. The third-order valence-electron chi connectivity index (χ3n) is 6.37. The van der Waals surface area contributed by atoms with Crippen LogP contribution in [0.5, 0.6) is 5.75 Å². The molecule has 0 unspecified atom stereocenters. The molecular formula is C25H27N3O2. The summed E-state index contributed by atoms with van der Waals surface area (Å²) in [5.74, 6) is 0.894. The number of aryl methyl sites for hydroxylation is 1. The summed E-state index contributed by atoms with van der Waals surface area (Å²) >= 11 is 0. The molecule has 2 aliphatic rings. The van der Waals surface area contributed by atoms with E-state index in [0.717, 1.165) is 49.6 Å². The molecule has 5 nitrogen and oxygen atoms in total. The maximum atomic E-state index is 13.5. The number of carbonyl (C=O) groups is 1. The van der Waals surface area contributed by atoms with Crippen LogP contribution in [0.25, 0.3) is 0 Å². The first-order valence-corrected chi connectivity index (χ1v) is 10.6. The van der Waals surface area contributed by atoms with Gasteiger partial charge in [-0.25, -0.2) is 0 Å². The molecule has 3 heterocycles. The lowest BCUT2D eigenvalue weighted by Gasteiger charge is -2.40. The first-order chi connectivity index (χ1) is 14.6. The standard InChI is InChI=1S/C25H27N3O2/c1-26-15-7-10-21(26)19-27-16-13-25(14-17-27)18-24(29)28(20-8-3-2-4-9-20)22-11-5-6-12-23(22)30-25/h2-12,15H,13-14,16-19H2,1H3. The van der Waals surface area contributed by atoms with E-state index >= 15 is 0 Å². The molecule has 0 aliphatic carbocycles. The fourth-order valence-corrected chi connectivity index (χ4v) is 4.63. The van der Waals surface area contributed by atoms with Crippen molar-refractivity contribution in [3.8, 4) is 5.75 Å². The Morgan fingerprint density at radius 1 is 0.933 bits per heavy atom. The van der Waals surface area contributed by atoms with Gasteiger partial charge in [0.05, 0.1) is 12.1 Å². The molecule has 0 bridgehead atoms. The molecule has 2 aromatic carbocycles. The Kier molecular flexibility index (Phi) is 4.83. The first kappa shape index (κ1) is 18.9. The van der Waals surface area contributed by atoms with Gasteiger partial charge in [0.15, 0.2) is 0 Å². The van der Waals surface area contributed by atoms with Crippen molar-refractivity contribution in [2.45, 2.75) is 31.4 Å². The summed E-state index contributed by atoms with van der Waals surface area (Å²) in [5, 5.41) is 0. The molecular weight excluding hydrogens is 374 g/mol. The van der Waals surface area contributed by atoms with Crippen LogP contribution in [-0.4, -0.2) is 34.1 Å². The molecule has 1 spiro atoms. The lowest BCUT2D eigenvalue weighted by Crippen LogP contribution is -2.49. The lowest BCUT2D eigenvalue weighted by atomic mass is 9.87. The van der Waals surface area contributed by atoms with E-state index in [2.05, 4.69) is 34.8 Å². The first-order valence-electron chi connectivity index (χ1n) is 10.6. The Morgan fingerprint density at radius 3 is 2.40 bits per heavy atom. The number of nitrogens with zero attached hydrogens (tertiary/aromatic N) is 3. The number of fused-ring (bicyclic) bond motifs is 1. The summed E-state index contributed by atoms with van der Waals surface area (Å²) < 4.78 is 8.79. The van der Waals surface area contributed by atoms with Crippen LogP contribution < -0.4 is 9.64 Å². The van der Waals surface area contributed by atoms with Crippen LogP contribution in [0, 0.1) is 0 Å². The summed E-state index contributed by atoms with van der Waals surface area (Å²) in [6.07, 6.45) is 4.18. The van der Waals surface area contributed by atoms with Gasteiger partial charge >= 0.3 is 0 Å². The van der Waals surface area contributed by atoms with E-state index in [1.54, 1.807) is 0 Å². The smallest absolute Gasteiger partial charge is 0.235 e. The average molecular weight is 402 g/mol. The fourth-order valence-electron chi connectivity index (χ4n) is 4.63. The minimum Gasteiger partial charge on any atom is -0.484 e. The van der Waals surface area contributed by atoms with Crippen LogP contribution in [-0.2, 0) is 18.4 Å². The largest absolute Gasteiger partial charge is 0.484 e. The van der Waals surface area contributed by atoms with Crippen LogP contribution >= 0.6 is 0 Å². The lowest BCUT2D eigenvalue weighted by molar-refractivity contribution is -0.122. The molecule has 5 heteroatoms. The van der Waals surface area contributed by atoms with Crippen molar-refractivity contribution >= 4 is 17.3 Å². The molecule has 154 valence electrons. The Hall–Kier alpha value is -3.05. The van der Waals surface area contributed by atoms with Crippen LogP contribution in [0.4, 0.5) is 11.4 Å². The van der Waals surface area contributed by atoms with Crippen LogP contribution in [0.2, 0.25) is 0 Å². The molecule has 3 aromatic rings. The van der Waals surface area contributed by atoms with Gasteiger partial charge in [-0.05, 0) is 36.4 Å². The zero-order chi connectivity index (χ0) is 20.6. The average Bonchev–Trinajstić information content (AvgIpc) is 3.11. The minimum atomic E-state index is -0.443. The second-order valence-corrected chi connectivity index (χ2v) is 8.38. The molecule has 5 rings (SSSR count). The zero-order valence-electron chi connectivity index (χ0n) is 17.3. The number of likely N-dealkylation sites (tertiary alicyclic amines) is 1. The summed E-state index contributed by atoms with van der Waals surface area (Å²) in [7, 11) is 2.09. The van der Waals surface area contributed by atoms with E-state index in [1.165, 1.54) is 5.69 Å². The molecule has 1 amide bonds. The molecule has 1 aromatic heterocycles. The number of aromatic nitrogens is 1. The molecule has 1 saturated heterocycles. The number of rotatable bonds is 3. The van der Waals surface area contributed by atoms with Crippen molar-refractivity contribution in [2.24, 2.45) is 7.05 Å². The quantitative estimate of drug-likeness (QED) is 0.648. The summed E-state index contributed by atoms with van der Waals surface area (Å²) in [4.78, 5) is 17.7. The highest BCUT2D eigenvalue weighted by molar-refractivity contribution is 6.03.